The summed E-state index contributed by atoms with van der Waals surface area (Å²) in [6.45, 7) is 0. The molecule has 17 heavy (non-hydrogen) atoms. The molecule has 0 heterocycles. The summed E-state index contributed by atoms with van der Waals surface area (Å²) in [6, 6.07) is 0.915. The van der Waals surface area contributed by atoms with Crippen LogP contribution in [0.25, 0.3) is 0 Å². The second kappa shape index (κ2) is 5.85. The number of hydrogen-bond acceptors (Lipinski definition) is 2. The molecule has 0 aromatic rings. The molecule has 0 aromatic carbocycles. The molecular weight excluding hydrogens is 214 g/mol. The zero-order valence-corrected chi connectivity index (χ0v) is 10.9. The Morgan fingerprint density at radius 3 is 2.24 bits per heavy atom. The molecular formula is C14H25NO2. The van der Waals surface area contributed by atoms with E-state index in [-0.39, 0.29) is 12.0 Å². The minimum Gasteiger partial charge on any atom is -0.481 e. The van der Waals surface area contributed by atoms with Crippen LogP contribution < -0.4 is 0 Å². The summed E-state index contributed by atoms with van der Waals surface area (Å²) in [5.74, 6) is -0.718. The second-order valence-corrected chi connectivity index (χ2v) is 5.75. The molecule has 1 N–H and O–H groups in total. The molecule has 2 rings (SSSR count). The summed E-state index contributed by atoms with van der Waals surface area (Å²) in [7, 11) is 2.15. The van der Waals surface area contributed by atoms with Gasteiger partial charge in [-0.3, -0.25) is 9.69 Å². The van der Waals surface area contributed by atoms with Crippen molar-refractivity contribution < 1.29 is 9.90 Å². The van der Waals surface area contributed by atoms with E-state index >= 15 is 0 Å². The molecule has 2 aliphatic carbocycles. The molecule has 0 aromatic heterocycles. The summed E-state index contributed by atoms with van der Waals surface area (Å²) in [6.07, 6.45) is 10.6. The maximum absolute atomic E-state index is 11.4. The van der Waals surface area contributed by atoms with Crippen molar-refractivity contribution in [1.82, 2.24) is 4.90 Å². The maximum Gasteiger partial charge on any atom is 0.308 e. The highest BCUT2D eigenvalue weighted by atomic mass is 16.4. The van der Waals surface area contributed by atoms with Gasteiger partial charge in [0.1, 0.15) is 0 Å². The Balaban J connectivity index is 2.05. The van der Waals surface area contributed by atoms with Crippen LogP contribution in [0.2, 0.25) is 0 Å². The van der Waals surface area contributed by atoms with E-state index in [1.54, 1.807) is 0 Å². The lowest BCUT2D eigenvalue weighted by molar-refractivity contribution is -0.144. The maximum atomic E-state index is 11.4. The van der Waals surface area contributed by atoms with Crippen LogP contribution in [0.5, 0.6) is 0 Å². The third kappa shape index (κ3) is 3.01. The molecule has 0 bridgehead atoms. The van der Waals surface area contributed by atoms with Crippen molar-refractivity contribution in [2.24, 2.45) is 5.92 Å². The Kier molecular flexibility index (Phi) is 4.43. The molecule has 0 saturated heterocycles. The van der Waals surface area contributed by atoms with Crippen LogP contribution in [0.4, 0.5) is 0 Å². The Hall–Kier alpha value is -0.570. The SMILES string of the molecule is CN(C1CCCC1)C1CCCCCC1C(=O)O. The van der Waals surface area contributed by atoms with Crippen LogP contribution in [0.15, 0.2) is 0 Å². The predicted molar refractivity (Wildman–Crippen MR) is 68.0 cm³/mol. The highest BCUT2D eigenvalue weighted by molar-refractivity contribution is 5.70. The molecule has 0 amide bonds. The van der Waals surface area contributed by atoms with E-state index in [1.165, 1.54) is 38.5 Å². The van der Waals surface area contributed by atoms with Crippen molar-refractivity contribution in [3.63, 3.8) is 0 Å². The van der Waals surface area contributed by atoms with Gasteiger partial charge in [0.25, 0.3) is 0 Å². The molecule has 0 radical (unpaired) electrons. The number of rotatable bonds is 3. The normalized spacial score (nSPS) is 31.6. The van der Waals surface area contributed by atoms with E-state index < -0.39 is 5.97 Å². The van der Waals surface area contributed by atoms with Crippen LogP contribution in [0.3, 0.4) is 0 Å². The molecule has 3 heteroatoms. The van der Waals surface area contributed by atoms with Crippen molar-refractivity contribution >= 4 is 5.97 Å². The number of carboxylic acid groups (broad SMARTS) is 1. The lowest BCUT2D eigenvalue weighted by Crippen LogP contribution is -2.45. The summed E-state index contributed by atoms with van der Waals surface area (Å²) < 4.78 is 0. The number of nitrogens with zero attached hydrogens (tertiary/aromatic N) is 1. The molecule has 2 aliphatic rings. The van der Waals surface area contributed by atoms with Gasteiger partial charge in [0, 0.05) is 12.1 Å². The lowest BCUT2D eigenvalue weighted by atomic mass is 9.92. The van der Waals surface area contributed by atoms with Crippen molar-refractivity contribution in [2.75, 3.05) is 7.05 Å². The van der Waals surface area contributed by atoms with Crippen molar-refractivity contribution in [1.29, 1.82) is 0 Å². The van der Waals surface area contributed by atoms with E-state index in [0.717, 1.165) is 19.3 Å². The first-order valence-electron chi connectivity index (χ1n) is 7.15. The third-order valence-corrected chi connectivity index (χ3v) is 4.72. The van der Waals surface area contributed by atoms with E-state index in [4.69, 9.17) is 0 Å². The first-order valence-corrected chi connectivity index (χ1v) is 7.15. The van der Waals surface area contributed by atoms with Gasteiger partial charge in [-0.15, -0.1) is 0 Å². The van der Waals surface area contributed by atoms with Gasteiger partial charge in [0.05, 0.1) is 5.92 Å². The number of hydrogen-bond donors (Lipinski definition) is 1. The molecule has 0 spiro atoms. The highest BCUT2D eigenvalue weighted by Gasteiger charge is 2.35. The quantitative estimate of drug-likeness (QED) is 0.770. The van der Waals surface area contributed by atoms with Gasteiger partial charge in [-0.05, 0) is 32.7 Å². The average molecular weight is 239 g/mol. The minimum absolute atomic E-state index is 0.136. The largest absolute Gasteiger partial charge is 0.481 e. The monoisotopic (exact) mass is 239 g/mol. The molecule has 2 fully saturated rings. The summed E-state index contributed by atoms with van der Waals surface area (Å²) in [5, 5.41) is 9.40. The van der Waals surface area contributed by atoms with E-state index in [1.807, 2.05) is 0 Å². The Bertz CT molecular complexity index is 261. The van der Waals surface area contributed by atoms with Gasteiger partial charge < -0.3 is 5.11 Å². The topological polar surface area (TPSA) is 40.5 Å². The fourth-order valence-electron chi connectivity index (χ4n) is 3.65. The Labute approximate surface area is 104 Å². The van der Waals surface area contributed by atoms with Gasteiger partial charge in [-0.1, -0.05) is 32.1 Å². The van der Waals surface area contributed by atoms with Gasteiger partial charge in [-0.2, -0.15) is 0 Å². The van der Waals surface area contributed by atoms with E-state index in [0.29, 0.717) is 6.04 Å². The molecule has 2 atom stereocenters. The summed E-state index contributed by atoms with van der Waals surface area (Å²) in [5.41, 5.74) is 0. The highest BCUT2D eigenvalue weighted by Crippen LogP contribution is 2.32. The second-order valence-electron chi connectivity index (χ2n) is 5.75. The zero-order valence-electron chi connectivity index (χ0n) is 10.9. The zero-order chi connectivity index (χ0) is 12.3. The number of carbonyl (C=O) groups is 1. The average Bonchev–Trinajstić information content (AvgIpc) is 2.71. The van der Waals surface area contributed by atoms with Crippen molar-refractivity contribution in [3.05, 3.63) is 0 Å². The van der Waals surface area contributed by atoms with E-state index in [9.17, 15) is 9.90 Å². The predicted octanol–water partition coefficient (Wildman–Crippen LogP) is 2.89. The third-order valence-electron chi connectivity index (χ3n) is 4.72. The van der Waals surface area contributed by atoms with Crippen LogP contribution in [0.1, 0.15) is 57.8 Å². The Morgan fingerprint density at radius 1 is 1.00 bits per heavy atom. The number of carboxylic acids is 1. The van der Waals surface area contributed by atoms with E-state index in [2.05, 4.69) is 11.9 Å². The lowest BCUT2D eigenvalue weighted by Gasteiger charge is -2.35. The van der Waals surface area contributed by atoms with Crippen molar-refractivity contribution in [3.8, 4) is 0 Å². The van der Waals surface area contributed by atoms with Gasteiger partial charge in [-0.25, -0.2) is 0 Å². The molecule has 3 nitrogen and oxygen atoms in total. The van der Waals surface area contributed by atoms with Crippen LogP contribution in [0, 0.1) is 5.92 Å². The van der Waals surface area contributed by atoms with Crippen LogP contribution >= 0.6 is 0 Å². The standard InChI is InChI=1S/C14H25NO2/c1-15(11-7-5-6-8-11)13-10-4-2-3-9-12(13)14(16)17/h11-13H,2-10H2,1H3,(H,16,17). The van der Waals surface area contributed by atoms with Gasteiger partial charge >= 0.3 is 5.97 Å². The molecule has 98 valence electrons. The van der Waals surface area contributed by atoms with Crippen LogP contribution in [-0.4, -0.2) is 35.1 Å². The first-order chi connectivity index (χ1) is 8.20. The number of aliphatic carboxylic acids is 1. The molecule has 2 unspecified atom stereocenters. The van der Waals surface area contributed by atoms with Crippen molar-refractivity contribution in [2.45, 2.75) is 69.9 Å². The summed E-state index contributed by atoms with van der Waals surface area (Å²) in [4.78, 5) is 13.8. The minimum atomic E-state index is -0.582. The fraction of sp³-hybridized carbons (Fsp3) is 0.929. The van der Waals surface area contributed by atoms with Gasteiger partial charge in [0.2, 0.25) is 0 Å². The fourth-order valence-corrected chi connectivity index (χ4v) is 3.65. The first kappa shape index (κ1) is 12.9. The molecule has 2 saturated carbocycles. The molecule has 0 aliphatic heterocycles. The Morgan fingerprint density at radius 2 is 1.59 bits per heavy atom. The van der Waals surface area contributed by atoms with Gasteiger partial charge in [0.15, 0.2) is 0 Å². The summed E-state index contributed by atoms with van der Waals surface area (Å²) >= 11 is 0. The smallest absolute Gasteiger partial charge is 0.308 e. The van der Waals surface area contributed by atoms with Crippen LogP contribution in [-0.2, 0) is 4.79 Å².